The van der Waals surface area contributed by atoms with Crippen LogP contribution in [0.1, 0.15) is 25.7 Å². The van der Waals surface area contributed by atoms with Gasteiger partial charge in [-0.1, -0.05) is 23.4 Å². The normalized spacial score (nSPS) is 17.3. The number of rotatable bonds is 5. The molecule has 24 heavy (non-hydrogen) atoms. The highest BCUT2D eigenvalue weighted by molar-refractivity contribution is 6.29. The van der Waals surface area contributed by atoms with Crippen LogP contribution in [0.25, 0.3) is 11.1 Å². The fraction of sp³-hybridized carbons (Fsp3) is 0.471. The molecule has 0 aromatic carbocycles. The van der Waals surface area contributed by atoms with E-state index in [1.807, 2.05) is 6.20 Å². The quantitative estimate of drug-likeness (QED) is 0.615. The van der Waals surface area contributed by atoms with E-state index < -0.39 is 0 Å². The Morgan fingerprint density at radius 2 is 2.25 bits per heavy atom. The number of hydrogen-bond donors (Lipinski definition) is 0. The van der Waals surface area contributed by atoms with E-state index >= 15 is 0 Å². The van der Waals surface area contributed by atoms with Crippen molar-refractivity contribution in [2.24, 2.45) is 0 Å². The van der Waals surface area contributed by atoms with Crippen LogP contribution < -0.4 is 0 Å². The topological polar surface area (TPSA) is 62.1 Å². The average molecular weight is 347 g/mol. The van der Waals surface area contributed by atoms with Crippen LogP contribution in [-0.2, 0) is 16.0 Å². The van der Waals surface area contributed by atoms with Crippen LogP contribution in [0.15, 0.2) is 24.7 Å². The number of nitrogens with zero attached hydrogens (tertiary/aromatic N) is 4. The summed E-state index contributed by atoms with van der Waals surface area (Å²) in [5.74, 6) is 6.19. The van der Waals surface area contributed by atoms with Crippen LogP contribution in [-0.4, -0.2) is 39.5 Å². The summed E-state index contributed by atoms with van der Waals surface area (Å²) in [4.78, 5) is 0. The van der Waals surface area contributed by atoms with Crippen LogP contribution in [0.4, 0.5) is 0 Å². The first-order valence-electron chi connectivity index (χ1n) is 8.01. The standard InChI is InChI=1S/C17H19ClN4O2/c18-16-10-14(11-19-21-16)15-12-20-22(13-15)7-3-1-4-8-23-17-6-2-5-9-24-17/h10-13,17H,2,4-9H2. The van der Waals surface area contributed by atoms with E-state index in [9.17, 15) is 0 Å². The second-order valence-electron chi connectivity index (χ2n) is 5.46. The number of hydrogen-bond acceptors (Lipinski definition) is 5. The smallest absolute Gasteiger partial charge is 0.157 e. The highest BCUT2D eigenvalue weighted by Crippen LogP contribution is 2.19. The van der Waals surface area contributed by atoms with E-state index in [1.165, 1.54) is 6.42 Å². The zero-order chi connectivity index (χ0) is 16.6. The zero-order valence-electron chi connectivity index (χ0n) is 13.3. The van der Waals surface area contributed by atoms with Gasteiger partial charge in [-0.15, -0.1) is 5.10 Å². The Hall–Kier alpha value is -1.94. The maximum atomic E-state index is 5.85. The van der Waals surface area contributed by atoms with Gasteiger partial charge in [-0.05, 0) is 25.3 Å². The molecule has 2 aromatic rings. The van der Waals surface area contributed by atoms with Crippen molar-refractivity contribution in [3.05, 3.63) is 29.8 Å². The second-order valence-corrected chi connectivity index (χ2v) is 5.85. The molecule has 126 valence electrons. The number of ether oxygens (including phenoxy) is 2. The van der Waals surface area contributed by atoms with Crippen molar-refractivity contribution in [1.29, 1.82) is 0 Å². The zero-order valence-corrected chi connectivity index (χ0v) is 14.1. The molecule has 7 heteroatoms. The fourth-order valence-corrected chi connectivity index (χ4v) is 2.57. The Kier molecular flexibility index (Phi) is 6.19. The first-order chi connectivity index (χ1) is 11.8. The summed E-state index contributed by atoms with van der Waals surface area (Å²) >= 11 is 5.85. The Morgan fingerprint density at radius 3 is 3.08 bits per heavy atom. The maximum Gasteiger partial charge on any atom is 0.157 e. The molecule has 0 saturated carbocycles. The molecule has 1 aliphatic heterocycles. The minimum absolute atomic E-state index is 0.0463. The molecule has 0 N–H and O–H groups in total. The van der Waals surface area contributed by atoms with Crippen LogP contribution in [0.5, 0.6) is 0 Å². The molecular weight excluding hydrogens is 328 g/mol. The summed E-state index contributed by atoms with van der Waals surface area (Å²) in [7, 11) is 0. The van der Waals surface area contributed by atoms with E-state index in [0.29, 0.717) is 24.7 Å². The Balaban J connectivity index is 1.42. The largest absolute Gasteiger partial charge is 0.353 e. The highest BCUT2D eigenvalue weighted by Gasteiger charge is 2.12. The Labute approximate surface area is 146 Å². The van der Waals surface area contributed by atoms with Gasteiger partial charge in [0.25, 0.3) is 0 Å². The minimum Gasteiger partial charge on any atom is -0.353 e. The van der Waals surface area contributed by atoms with Gasteiger partial charge < -0.3 is 9.47 Å². The van der Waals surface area contributed by atoms with E-state index in [4.69, 9.17) is 21.1 Å². The van der Waals surface area contributed by atoms with Crippen LogP contribution in [0, 0.1) is 11.8 Å². The molecule has 0 radical (unpaired) electrons. The lowest BCUT2D eigenvalue weighted by Crippen LogP contribution is -2.22. The van der Waals surface area contributed by atoms with Crippen molar-refractivity contribution < 1.29 is 9.47 Å². The van der Waals surface area contributed by atoms with Gasteiger partial charge in [-0.25, -0.2) is 0 Å². The lowest BCUT2D eigenvalue weighted by Gasteiger charge is -2.22. The van der Waals surface area contributed by atoms with Gasteiger partial charge in [-0.2, -0.15) is 10.2 Å². The molecule has 1 fully saturated rings. The molecule has 0 amide bonds. The molecule has 2 aromatic heterocycles. The van der Waals surface area contributed by atoms with Gasteiger partial charge in [0.2, 0.25) is 0 Å². The summed E-state index contributed by atoms with van der Waals surface area (Å²) in [5, 5.41) is 12.2. The van der Waals surface area contributed by atoms with Gasteiger partial charge in [0, 0.05) is 30.4 Å². The first-order valence-corrected chi connectivity index (χ1v) is 8.39. The molecule has 0 spiro atoms. The van der Waals surface area contributed by atoms with Crippen molar-refractivity contribution in [2.45, 2.75) is 38.5 Å². The molecule has 1 aliphatic rings. The Bertz CT molecular complexity index is 717. The number of aromatic nitrogens is 4. The second kappa shape index (κ2) is 8.78. The molecule has 3 rings (SSSR count). The molecular formula is C17H19ClN4O2. The summed E-state index contributed by atoms with van der Waals surface area (Å²) in [6.07, 6.45) is 9.27. The maximum absolute atomic E-state index is 5.85. The van der Waals surface area contributed by atoms with Gasteiger partial charge in [0.15, 0.2) is 11.4 Å². The Morgan fingerprint density at radius 1 is 1.29 bits per heavy atom. The van der Waals surface area contributed by atoms with Gasteiger partial charge >= 0.3 is 0 Å². The van der Waals surface area contributed by atoms with Crippen molar-refractivity contribution in [2.75, 3.05) is 13.2 Å². The summed E-state index contributed by atoms with van der Waals surface area (Å²) in [5.41, 5.74) is 1.82. The minimum atomic E-state index is -0.0463. The van der Waals surface area contributed by atoms with Crippen LogP contribution >= 0.6 is 11.6 Å². The molecule has 3 heterocycles. The first kappa shape index (κ1) is 16.9. The van der Waals surface area contributed by atoms with Crippen molar-refractivity contribution in [3.63, 3.8) is 0 Å². The molecule has 0 aliphatic carbocycles. The molecule has 0 bridgehead atoms. The fourth-order valence-electron chi connectivity index (χ4n) is 2.41. The van der Waals surface area contributed by atoms with E-state index in [2.05, 4.69) is 27.1 Å². The van der Waals surface area contributed by atoms with Gasteiger partial charge in [0.1, 0.15) is 6.54 Å². The van der Waals surface area contributed by atoms with Gasteiger partial charge in [0.05, 0.1) is 19.0 Å². The molecule has 1 saturated heterocycles. The monoisotopic (exact) mass is 346 g/mol. The predicted molar refractivity (Wildman–Crippen MR) is 90.2 cm³/mol. The van der Waals surface area contributed by atoms with Crippen LogP contribution in [0.3, 0.4) is 0 Å². The summed E-state index contributed by atoms with van der Waals surface area (Å²) in [6, 6.07) is 1.76. The molecule has 1 atom stereocenters. The third kappa shape index (κ3) is 5.03. The summed E-state index contributed by atoms with van der Waals surface area (Å²) in [6.45, 7) is 1.94. The lowest BCUT2D eigenvalue weighted by molar-refractivity contribution is -0.161. The number of halogens is 1. The SMILES string of the molecule is Clc1cc(-c2cnn(CC#CCCOC3CCCCO3)c2)cnn1. The van der Waals surface area contributed by atoms with E-state index in [-0.39, 0.29) is 6.29 Å². The van der Waals surface area contributed by atoms with E-state index in [1.54, 1.807) is 23.1 Å². The highest BCUT2D eigenvalue weighted by atomic mass is 35.5. The van der Waals surface area contributed by atoms with Crippen LogP contribution in [0.2, 0.25) is 5.15 Å². The van der Waals surface area contributed by atoms with E-state index in [0.717, 1.165) is 30.6 Å². The van der Waals surface area contributed by atoms with Crippen molar-refractivity contribution in [1.82, 2.24) is 20.0 Å². The third-order valence-corrected chi connectivity index (χ3v) is 3.81. The predicted octanol–water partition coefficient (Wildman–Crippen LogP) is 2.93. The van der Waals surface area contributed by atoms with Crippen molar-refractivity contribution in [3.8, 4) is 23.0 Å². The molecule has 1 unspecified atom stereocenters. The summed E-state index contributed by atoms with van der Waals surface area (Å²) < 4.78 is 12.9. The van der Waals surface area contributed by atoms with Crippen molar-refractivity contribution >= 4 is 11.6 Å². The average Bonchev–Trinajstić information content (AvgIpc) is 3.08. The third-order valence-electron chi connectivity index (χ3n) is 3.63. The van der Waals surface area contributed by atoms with Gasteiger partial charge in [-0.3, -0.25) is 4.68 Å². The molecule has 6 nitrogen and oxygen atoms in total. The lowest BCUT2D eigenvalue weighted by atomic mass is 10.2.